The lowest BCUT2D eigenvalue weighted by molar-refractivity contribution is -0.147. The molecule has 0 aliphatic carbocycles. The lowest BCUT2D eigenvalue weighted by Gasteiger charge is -2.41. The molecule has 4 rings (SSSR count). The summed E-state index contributed by atoms with van der Waals surface area (Å²) >= 11 is 0. The number of rotatable bonds is 42. The van der Waals surface area contributed by atoms with E-state index in [9.17, 15) is 72.2 Å². The molecule has 0 saturated carbocycles. The quantitative estimate of drug-likeness (QED) is 0.0213. The number of ether oxygens (including phenoxy) is 2. The van der Waals surface area contributed by atoms with Gasteiger partial charge in [0.25, 0.3) is 11.8 Å². The summed E-state index contributed by atoms with van der Waals surface area (Å²) < 4.78 is 24.4. The van der Waals surface area contributed by atoms with Gasteiger partial charge in [-0.2, -0.15) is 0 Å². The van der Waals surface area contributed by atoms with E-state index in [4.69, 9.17) is 15.2 Å². The van der Waals surface area contributed by atoms with E-state index in [1.165, 1.54) is 36.1 Å². The Balaban J connectivity index is 1.38. The van der Waals surface area contributed by atoms with Crippen molar-refractivity contribution in [3.63, 3.8) is 0 Å². The van der Waals surface area contributed by atoms with Gasteiger partial charge in [-0.1, -0.05) is 130 Å². The van der Waals surface area contributed by atoms with E-state index in [0.717, 1.165) is 4.90 Å². The zero-order chi connectivity index (χ0) is 71.7. The van der Waals surface area contributed by atoms with Gasteiger partial charge >= 0.3 is 19.7 Å². The van der Waals surface area contributed by atoms with Crippen molar-refractivity contribution in [2.45, 2.75) is 201 Å². The van der Waals surface area contributed by atoms with Crippen molar-refractivity contribution >= 4 is 72.5 Å². The number of hydrogen-bond acceptors (Lipinski definition) is 15. The molecule has 96 heavy (non-hydrogen) atoms. The predicted molar refractivity (Wildman–Crippen MR) is 361 cm³/mol. The summed E-state index contributed by atoms with van der Waals surface area (Å²) in [5, 5.41) is 19.1. The standard InChI is InChI=1S/C70H107N8O17P/c1-13-46(8)65(59(94-12)40-62(85)77-35-21-26-56(77)54(41-79)47(9)57(81)39-52(96(91,92)93)36-48-22-16-14-17-23-48)75(10)68(88)63(44(4)5)74-67(87)64(45(6)7)76(11)70(90)95-42-50-29-27-49(28-30-50)37-58(82)55(25-20-33-72-69(71)89)73-66(86)53(43(2)3)38-51(80)24-18-15-19-34-78-60(83)31-32-61(78)84/h14,16-17,22-23,27-32,43-47,52-56,59,63-65,79H,13,15,18-21,24-26,33-42H2,1-12H3,(H,73,86)(H,74,87)(H3,71,72,89)(H2,91,92,93)/t46?,47-,52?,53-,54+,55-,56-,59+,63-,64-,65-/m0/s1. The first-order valence-corrected chi connectivity index (χ1v) is 35.4. The number of amides is 9. The summed E-state index contributed by atoms with van der Waals surface area (Å²) in [7, 11) is -0.232. The van der Waals surface area contributed by atoms with Crippen LogP contribution in [0.3, 0.4) is 0 Å². The number of carbonyl (C=O) groups excluding carboxylic acids is 11. The second kappa shape index (κ2) is 39.3. The molecule has 0 spiro atoms. The first-order valence-electron chi connectivity index (χ1n) is 33.8. The highest BCUT2D eigenvalue weighted by Gasteiger charge is 2.44. The molecule has 0 aromatic heterocycles. The Bertz CT molecular complexity index is 3010. The molecule has 26 heteroatoms. The molecule has 9 amide bonds. The average molecular weight is 1360 g/mol. The van der Waals surface area contributed by atoms with E-state index in [2.05, 4.69) is 16.0 Å². The summed E-state index contributed by atoms with van der Waals surface area (Å²) in [6.45, 7) is 16.3. The Labute approximate surface area is 566 Å². The number of nitrogens with zero attached hydrogens (tertiary/aromatic N) is 4. The number of urea groups is 1. The van der Waals surface area contributed by atoms with Crippen molar-refractivity contribution in [2.75, 3.05) is 47.4 Å². The van der Waals surface area contributed by atoms with Crippen LogP contribution in [0, 0.1) is 41.4 Å². The highest BCUT2D eigenvalue weighted by atomic mass is 31.2. The second-order valence-electron chi connectivity index (χ2n) is 26.9. The predicted octanol–water partition coefficient (Wildman–Crippen LogP) is 6.44. The molecule has 8 N–H and O–H groups in total. The molecule has 2 heterocycles. The molecule has 11 atom stereocenters. The molecule has 1 fully saturated rings. The number of carbonyl (C=O) groups is 11. The van der Waals surface area contributed by atoms with E-state index < -0.39 is 128 Å². The number of benzene rings is 2. The zero-order valence-electron chi connectivity index (χ0n) is 58.2. The van der Waals surface area contributed by atoms with Crippen LogP contribution >= 0.6 is 7.60 Å². The van der Waals surface area contributed by atoms with Crippen LogP contribution in [0.25, 0.3) is 0 Å². The van der Waals surface area contributed by atoms with Crippen LogP contribution in [0.5, 0.6) is 0 Å². The fourth-order valence-corrected chi connectivity index (χ4v) is 13.7. The second-order valence-corrected chi connectivity index (χ2v) is 28.9. The number of aliphatic hydroxyl groups is 1. The molecule has 2 aliphatic heterocycles. The summed E-state index contributed by atoms with van der Waals surface area (Å²) in [6.07, 6.45) is 3.97. The topological polar surface area (TPSA) is 359 Å². The smallest absolute Gasteiger partial charge is 0.410 e. The molecule has 0 bridgehead atoms. The van der Waals surface area contributed by atoms with Crippen LogP contribution in [0.4, 0.5) is 9.59 Å². The van der Waals surface area contributed by atoms with Crippen molar-refractivity contribution < 1.29 is 81.7 Å². The lowest BCUT2D eigenvalue weighted by atomic mass is 9.82. The maximum Gasteiger partial charge on any atom is 0.410 e. The minimum atomic E-state index is -4.71. The lowest BCUT2D eigenvalue weighted by Crippen LogP contribution is -2.60. The number of ketones is 3. The van der Waals surface area contributed by atoms with E-state index in [0.29, 0.717) is 68.2 Å². The summed E-state index contributed by atoms with van der Waals surface area (Å²) in [4.78, 5) is 173. The summed E-state index contributed by atoms with van der Waals surface area (Å²) in [6, 6.07) is 10.3. The van der Waals surface area contributed by atoms with Gasteiger partial charge in [0.05, 0.1) is 30.3 Å². The van der Waals surface area contributed by atoms with Crippen molar-refractivity contribution in [1.29, 1.82) is 0 Å². The van der Waals surface area contributed by atoms with Gasteiger partial charge in [-0.25, -0.2) is 9.59 Å². The number of hydrogen-bond donors (Lipinski definition) is 7. The molecular formula is C70H107N8O17P. The average Bonchev–Trinajstić information content (AvgIpc) is 1.15. The number of methoxy groups -OCH3 is 1. The Hall–Kier alpha value is -7.18. The first-order chi connectivity index (χ1) is 45.3. The highest BCUT2D eigenvalue weighted by molar-refractivity contribution is 7.52. The maximum atomic E-state index is 14.8. The number of imide groups is 1. The first kappa shape index (κ1) is 81.2. The van der Waals surface area contributed by atoms with E-state index in [-0.39, 0.29) is 99.3 Å². The Morgan fingerprint density at radius 1 is 0.750 bits per heavy atom. The number of primary amides is 1. The number of likely N-dealkylation sites (N-methyl/N-ethyl adjacent to an activating group) is 2. The Kier molecular flexibility index (Phi) is 33.2. The highest BCUT2D eigenvalue weighted by Crippen LogP contribution is 2.46. The maximum absolute atomic E-state index is 14.8. The van der Waals surface area contributed by atoms with Gasteiger partial charge in [0.2, 0.25) is 23.6 Å². The van der Waals surface area contributed by atoms with Crippen LogP contribution in [0.1, 0.15) is 156 Å². The van der Waals surface area contributed by atoms with Crippen molar-refractivity contribution in [3.05, 3.63) is 83.4 Å². The van der Waals surface area contributed by atoms with Gasteiger partial charge in [0.1, 0.15) is 30.3 Å². The number of nitrogens with one attached hydrogen (secondary N) is 3. The zero-order valence-corrected chi connectivity index (χ0v) is 59.1. The molecule has 0 radical (unpaired) electrons. The van der Waals surface area contributed by atoms with Crippen LogP contribution in [-0.4, -0.2) is 189 Å². The van der Waals surface area contributed by atoms with Gasteiger partial charge in [0.15, 0.2) is 5.78 Å². The molecule has 2 aromatic rings. The fourth-order valence-electron chi connectivity index (χ4n) is 12.9. The SMILES string of the molecule is CCC(C)[C@@H]([C@@H](CC(=O)N1CCC[C@H]1[C@H](CO)[C@H](C)C(=O)CC(Cc1ccccc1)P(=O)(O)O)OC)N(C)C(=O)[C@@H](NC(=O)[C@H](C(C)C)N(C)C(=O)OCc1ccc(CC(=O)[C@H](CCCNC(N)=O)NC(=O)[C@@H](CC(=O)CCCCCN2C(=O)C=CC2=O)C(C)C)cc1)C(C)C. The number of aliphatic hydroxyl groups excluding tert-OH is 1. The van der Waals surface area contributed by atoms with E-state index in [1.54, 1.807) is 101 Å². The third-order valence-electron chi connectivity index (χ3n) is 18.9. The van der Waals surface area contributed by atoms with Crippen molar-refractivity contribution in [1.82, 2.24) is 35.6 Å². The van der Waals surface area contributed by atoms with Crippen LogP contribution in [-0.2, 0) is 76.6 Å². The van der Waals surface area contributed by atoms with E-state index in [1.807, 2.05) is 27.7 Å². The van der Waals surface area contributed by atoms with Crippen LogP contribution in [0.2, 0.25) is 0 Å². The number of likely N-dealkylation sites (tertiary alicyclic amines) is 1. The number of nitrogens with two attached hydrogens (primary N) is 1. The molecule has 2 aliphatic rings. The molecule has 1 saturated heterocycles. The monoisotopic (exact) mass is 1360 g/mol. The minimum Gasteiger partial charge on any atom is -0.445 e. The molecule has 534 valence electrons. The summed E-state index contributed by atoms with van der Waals surface area (Å²) in [5.41, 5.74) is 5.80. The third kappa shape index (κ3) is 24.4. The van der Waals surface area contributed by atoms with Crippen molar-refractivity contribution in [3.8, 4) is 0 Å². The molecular weight excluding hydrogens is 1260 g/mol. The normalized spacial score (nSPS) is 17.2. The largest absolute Gasteiger partial charge is 0.445 e. The fraction of sp³-hybridized carbons (Fsp3) is 0.643. The number of unbranched alkanes of at least 4 members (excludes halogenated alkanes) is 2. The minimum absolute atomic E-state index is 0.0187. The van der Waals surface area contributed by atoms with Gasteiger partial charge < -0.3 is 55.9 Å². The van der Waals surface area contributed by atoms with Gasteiger partial charge in [-0.15, -0.1) is 0 Å². The van der Waals surface area contributed by atoms with Crippen LogP contribution in [0.15, 0.2) is 66.7 Å². The van der Waals surface area contributed by atoms with E-state index >= 15 is 0 Å². The Morgan fingerprint density at radius 3 is 1.95 bits per heavy atom. The van der Waals surface area contributed by atoms with Crippen molar-refractivity contribution in [2.24, 2.45) is 47.2 Å². The number of Topliss-reactive ketones (excluding diaryl/α,β-unsaturated/α-hetero) is 3. The van der Waals surface area contributed by atoms with Crippen LogP contribution < -0.4 is 21.7 Å². The molecule has 2 aromatic carbocycles. The summed E-state index contributed by atoms with van der Waals surface area (Å²) in [5.74, 6) is -7.17. The molecule has 25 nitrogen and oxygen atoms in total. The van der Waals surface area contributed by atoms with Gasteiger partial charge in [-0.3, -0.25) is 57.5 Å². The Morgan fingerprint density at radius 2 is 1.39 bits per heavy atom. The molecule has 2 unspecified atom stereocenters. The third-order valence-corrected chi connectivity index (χ3v) is 20.2. The van der Waals surface area contributed by atoms with Gasteiger partial charge in [0, 0.05) is 109 Å². The van der Waals surface area contributed by atoms with Gasteiger partial charge in [-0.05, 0) is 85.3 Å².